The summed E-state index contributed by atoms with van der Waals surface area (Å²) in [5.74, 6) is 0.615. The molecule has 0 bridgehead atoms. The van der Waals surface area contributed by atoms with E-state index >= 15 is 0 Å². The third-order valence-electron chi connectivity index (χ3n) is 3.02. The Morgan fingerprint density at radius 3 is 3.00 bits per heavy atom. The van der Waals surface area contributed by atoms with E-state index in [9.17, 15) is 0 Å². The van der Waals surface area contributed by atoms with E-state index in [1.807, 2.05) is 12.4 Å². The molecule has 2 heterocycles. The van der Waals surface area contributed by atoms with Crippen LogP contribution in [0, 0.1) is 5.92 Å². The average Bonchev–Trinajstić information content (AvgIpc) is 2.66. The zero-order valence-corrected chi connectivity index (χ0v) is 10.4. The number of aromatic nitrogens is 1. The Hall–Kier alpha value is -0.610. The van der Waals surface area contributed by atoms with Crippen molar-refractivity contribution in [3.8, 4) is 0 Å². The van der Waals surface area contributed by atoms with Gasteiger partial charge >= 0.3 is 0 Å². The predicted molar refractivity (Wildman–Crippen MR) is 65.9 cm³/mol. The molecule has 1 aliphatic rings. The van der Waals surface area contributed by atoms with E-state index in [0.29, 0.717) is 5.92 Å². The van der Waals surface area contributed by atoms with E-state index in [0.717, 1.165) is 17.6 Å². The van der Waals surface area contributed by atoms with Crippen LogP contribution in [0.15, 0.2) is 22.9 Å². The Balaban J connectivity index is 2.08. The van der Waals surface area contributed by atoms with Crippen LogP contribution in [0.4, 0.5) is 5.69 Å². The van der Waals surface area contributed by atoms with Gasteiger partial charge in [-0.1, -0.05) is 0 Å². The Labute approximate surface area is 98.8 Å². The normalized spacial score (nSPS) is 23.1. The summed E-state index contributed by atoms with van der Waals surface area (Å²) in [5, 5.41) is 0. The van der Waals surface area contributed by atoms with Gasteiger partial charge in [-0.05, 0) is 41.3 Å². The first-order valence-electron chi connectivity index (χ1n) is 5.28. The molecular formula is C11H16BrN3. The Bertz CT molecular complexity index is 340. The van der Waals surface area contributed by atoms with Gasteiger partial charge in [0.05, 0.1) is 11.9 Å². The topological polar surface area (TPSA) is 42.1 Å². The quantitative estimate of drug-likeness (QED) is 0.894. The zero-order chi connectivity index (χ0) is 10.8. The summed E-state index contributed by atoms with van der Waals surface area (Å²) in [4.78, 5) is 6.53. The lowest BCUT2D eigenvalue weighted by molar-refractivity contribution is 0.488. The van der Waals surface area contributed by atoms with E-state index in [2.05, 4.69) is 38.8 Å². The van der Waals surface area contributed by atoms with Crippen LogP contribution in [0.25, 0.3) is 0 Å². The highest BCUT2D eigenvalue weighted by Gasteiger charge is 2.25. The minimum atomic E-state index is 0.287. The fourth-order valence-corrected chi connectivity index (χ4v) is 2.38. The summed E-state index contributed by atoms with van der Waals surface area (Å²) in [7, 11) is 0. The molecule has 0 radical (unpaired) electrons. The molecule has 2 rings (SSSR count). The molecule has 2 unspecified atom stereocenters. The predicted octanol–water partition coefficient (Wildman–Crippen LogP) is 2.02. The van der Waals surface area contributed by atoms with Gasteiger partial charge in [0.1, 0.15) is 0 Å². The van der Waals surface area contributed by atoms with Crippen LogP contribution < -0.4 is 10.6 Å². The second kappa shape index (κ2) is 4.49. The molecule has 1 aliphatic heterocycles. The zero-order valence-electron chi connectivity index (χ0n) is 8.86. The van der Waals surface area contributed by atoms with Crippen molar-refractivity contribution < 1.29 is 0 Å². The largest absolute Gasteiger partial charge is 0.370 e. The molecule has 0 aliphatic carbocycles. The molecule has 0 aromatic carbocycles. The van der Waals surface area contributed by atoms with Crippen molar-refractivity contribution in [2.45, 2.75) is 19.4 Å². The summed E-state index contributed by atoms with van der Waals surface area (Å²) < 4.78 is 1.03. The SMILES string of the molecule is CC(N)C1CCN(c2cncc(Br)c2)C1. The molecule has 1 fully saturated rings. The summed E-state index contributed by atoms with van der Waals surface area (Å²) >= 11 is 3.44. The van der Waals surface area contributed by atoms with Gasteiger partial charge in [-0.3, -0.25) is 4.98 Å². The Morgan fingerprint density at radius 2 is 2.40 bits per heavy atom. The van der Waals surface area contributed by atoms with Crippen LogP contribution in [-0.2, 0) is 0 Å². The van der Waals surface area contributed by atoms with E-state index in [1.54, 1.807) is 0 Å². The first-order valence-corrected chi connectivity index (χ1v) is 6.07. The lowest BCUT2D eigenvalue weighted by atomic mass is 10.0. The highest BCUT2D eigenvalue weighted by atomic mass is 79.9. The van der Waals surface area contributed by atoms with Crippen LogP contribution in [0.2, 0.25) is 0 Å². The van der Waals surface area contributed by atoms with Gasteiger partial charge < -0.3 is 10.6 Å². The Kier molecular flexibility index (Phi) is 3.26. The van der Waals surface area contributed by atoms with Gasteiger partial charge in [0.15, 0.2) is 0 Å². The van der Waals surface area contributed by atoms with Crippen molar-refractivity contribution in [2.75, 3.05) is 18.0 Å². The maximum Gasteiger partial charge on any atom is 0.0564 e. The number of halogens is 1. The summed E-state index contributed by atoms with van der Waals surface area (Å²) in [6, 6.07) is 2.39. The molecule has 2 atom stereocenters. The van der Waals surface area contributed by atoms with Crippen molar-refractivity contribution >= 4 is 21.6 Å². The Morgan fingerprint density at radius 1 is 1.60 bits per heavy atom. The summed E-state index contributed by atoms with van der Waals surface area (Å²) in [6.07, 6.45) is 4.90. The van der Waals surface area contributed by atoms with Crippen molar-refractivity contribution in [1.29, 1.82) is 0 Å². The first-order chi connectivity index (χ1) is 7.16. The number of nitrogens with two attached hydrogens (primary N) is 1. The molecule has 4 heteroatoms. The lowest BCUT2D eigenvalue weighted by Gasteiger charge is -2.19. The smallest absolute Gasteiger partial charge is 0.0564 e. The highest BCUT2D eigenvalue weighted by Crippen LogP contribution is 2.26. The average molecular weight is 270 g/mol. The van der Waals surface area contributed by atoms with Gasteiger partial charge in [0, 0.05) is 29.8 Å². The number of hydrogen-bond donors (Lipinski definition) is 1. The third kappa shape index (κ3) is 2.49. The van der Waals surface area contributed by atoms with Gasteiger partial charge in [0.25, 0.3) is 0 Å². The molecule has 1 saturated heterocycles. The summed E-state index contributed by atoms with van der Waals surface area (Å²) in [5.41, 5.74) is 7.10. The number of nitrogens with zero attached hydrogens (tertiary/aromatic N) is 2. The van der Waals surface area contributed by atoms with Crippen LogP contribution in [0.5, 0.6) is 0 Å². The van der Waals surface area contributed by atoms with E-state index in [-0.39, 0.29) is 6.04 Å². The molecular weight excluding hydrogens is 254 g/mol. The fraction of sp³-hybridized carbons (Fsp3) is 0.545. The van der Waals surface area contributed by atoms with Crippen LogP contribution >= 0.6 is 15.9 Å². The standard InChI is InChI=1S/C11H16BrN3/c1-8(13)9-2-3-15(7-9)11-4-10(12)5-14-6-11/h4-6,8-9H,2-3,7,13H2,1H3. The van der Waals surface area contributed by atoms with E-state index in [1.165, 1.54) is 12.1 Å². The van der Waals surface area contributed by atoms with Gasteiger partial charge in [0.2, 0.25) is 0 Å². The maximum absolute atomic E-state index is 5.92. The van der Waals surface area contributed by atoms with Crippen molar-refractivity contribution in [2.24, 2.45) is 11.7 Å². The van der Waals surface area contributed by atoms with E-state index in [4.69, 9.17) is 5.73 Å². The molecule has 1 aromatic heterocycles. The lowest BCUT2D eigenvalue weighted by Crippen LogP contribution is -2.29. The minimum Gasteiger partial charge on any atom is -0.370 e. The number of hydrogen-bond acceptors (Lipinski definition) is 3. The second-order valence-corrected chi connectivity index (χ2v) is 5.13. The van der Waals surface area contributed by atoms with Crippen molar-refractivity contribution in [1.82, 2.24) is 4.98 Å². The number of pyridine rings is 1. The fourth-order valence-electron chi connectivity index (χ4n) is 2.02. The monoisotopic (exact) mass is 269 g/mol. The minimum absolute atomic E-state index is 0.287. The second-order valence-electron chi connectivity index (χ2n) is 4.22. The number of rotatable bonds is 2. The van der Waals surface area contributed by atoms with Crippen LogP contribution in [-0.4, -0.2) is 24.1 Å². The first kappa shape index (κ1) is 10.9. The molecule has 1 aromatic rings. The van der Waals surface area contributed by atoms with Gasteiger partial charge in [-0.15, -0.1) is 0 Å². The molecule has 82 valence electrons. The van der Waals surface area contributed by atoms with Crippen molar-refractivity contribution in [3.05, 3.63) is 22.9 Å². The molecule has 0 amide bonds. The third-order valence-corrected chi connectivity index (χ3v) is 3.46. The van der Waals surface area contributed by atoms with Gasteiger partial charge in [-0.25, -0.2) is 0 Å². The van der Waals surface area contributed by atoms with Crippen LogP contribution in [0.1, 0.15) is 13.3 Å². The molecule has 0 spiro atoms. The number of anilines is 1. The molecule has 15 heavy (non-hydrogen) atoms. The maximum atomic E-state index is 5.92. The highest BCUT2D eigenvalue weighted by molar-refractivity contribution is 9.10. The van der Waals surface area contributed by atoms with Crippen LogP contribution in [0.3, 0.4) is 0 Å². The van der Waals surface area contributed by atoms with E-state index < -0.39 is 0 Å². The molecule has 0 saturated carbocycles. The molecule has 3 nitrogen and oxygen atoms in total. The summed E-state index contributed by atoms with van der Waals surface area (Å²) in [6.45, 7) is 4.23. The van der Waals surface area contributed by atoms with Crippen molar-refractivity contribution in [3.63, 3.8) is 0 Å². The van der Waals surface area contributed by atoms with Gasteiger partial charge in [-0.2, -0.15) is 0 Å². The molecule has 2 N–H and O–H groups in total.